The fraction of sp³-hybridized carbons (Fsp3) is 0.100. The van der Waals surface area contributed by atoms with Gasteiger partial charge < -0.3 is 5.32 Å². The number of nitrogens with one attached hydrogen (secondary N) is 1. The minimum absolute atomic E-state index is 0.0674. The molecule has 0 aliphatic carbocycles. The van der Waals surface area contributed by atoms with Crippen LogP contribution in [0.15, 0.2) is 17.6 Å². The molecule has 2 heterocycles. The molecule has 0 fully saturated rings. The minimum Gasteiger partial charge on any atom is -0.301 e. The minimum atomic E-state index is -0.250. The summed E-state index contributed by atoms with van der Waals surface area (Å²) >= 11 is 8.44. The third kappa shape index (κ3) is 1.88. The summed E-state index contributed by atoms with van der Waals surface area (Å²) in [7, 11) is 0. The van der Waals surface area contributed by atoms with E-state index < -0.39 is 0 Å². The van der Waals surface area contributed by atoms with Gasteiger partial charge in [-0.05, 0) is 12.1 Å². The van der Waals surface area contributed by atoms with E-state index >= 15 is 0 Å². The second-order valence-electron chi connectivity index (χ2n) is 3.31. The van der Waals surface area contributed by atoms with E-state index in [2.05, 4.69) is 15.3 Å². The van der Waals surface area contributed by atoms with E-state index in [9.17, 15) is 4.79 Å². The molecule has 0 saturated heterocycles. The molecule has 17 heavy (non-hydrogen) atoms. The lowest BCUT2D eigenvalue weighted by molar-refractivity contribution is -0.113. The zero-order chi connectivity index (χ0) is 11.8. The average Bonchev–Trinajstić information content (AvgIpc) is 2.92. The van der Waals surface area contributed by atoms with Crippen LogP contribution in [-0.2, 0) is 4.79 Å². The summed E-state index contributed by atoms with van der Waals surface area (Å²) in [4.78, 5) is 19.8. The van der Waals surface area contributed by atoms with Crippen LogP contribution in [-0.4, -0.2) is 21.8 Å². The number of benzene rings is 1. The smallest absolute Gasteiger partial charge is 0.241 e. The zero-order valence-electron chi connectivity index (χ0n) is 8.44. The summed E-state index contributed by atoms with van der Waals surface area (Å²) in [6.45, 7) is 0. The second-order valence-corrected chi connectivity index (χ2v) is 5.47. The average molecular weight is 284 g/mol. The number of halogens is 1. The Kier molecular flexibility index (Phi) is 2.70. The molecule has 86 valence electrons. The first-order valence-electron chi connectivity index (χ1n) is 4.76. The zero-order valence-corrected chi connectivity index (χ0v) is 10.8. The first kappa shape index (κ1) is 10.9. The second kappa shape index (κ2) is 4.21. The van der Waals surface area contributed by atoms with Gasteiger partial charge in [0.1, 0.15) is 11.4 Å². The summed E-state index contributed by atoms with van der Waals surface area (Å²) in [5.74, 6) is -0.317. The summed E-state index contributed by atoms with van der Waals surface area (Å²) < 4.78 is 2.12. The molecule has 2 aromatic heterocycles. The molecule has 0 aliphatic heterocycles. The predicted molar refractivity (Wildman–Crippen MR) is 72.1 cm³/mol. The molecular formula is C10H6ClN3OS2. The Hall–Kier alpha value is -1.24. The maximum atomic E-state index is 11.2. The van der Waals surface area contributed by atoms with Crippen LogP contribution < -0.4 is 5.32 Å². The van der Waals surface area contributed by atoms with Crippen LogP contribution in [0.5, 0.6) is 0 Å². The van der Waals surface area contributed by atoms with Crippen molar-refractivity contribution in [3.05, 3.63) is 17.6 Å². The van der Waals surface area contributed by atoms with Gasteiger partial charge in [-0.15, -0.1) is 22.9 Å². The Morgan fingerprint density at radius 1 is 1.47 bits per heavy atom. The van der Waals surface area contributed by atoms with Gasteiger partial charge in [-0.1, -0.05) is 11.3 Å². The molecule has 1 N–H and O–H groups in total. The Morgan fingerprint density at radius 2 is 2.35 bits per heavy atom. The van der Waals surface area contributed by atoms with Gasteiger partial charge in [0.25, 0.3) is 0 Å². The monoisotopic (exact) mass is 283 g/mol. The van der Waals surface area contributed by atoms with Crippen LogP contribution in [0, 0.1) is 0 Å². The molecule has 0 atom stereocenters. The van der Waals surface area contributed by atoms with E-state index in [4.69, 9.17) is 11.6 Å². The van der Waals surface area contributed by atoms with Crippen LogP contribution in [0.4, 0.5) is 5.13 Å². The molecule has 1 amide bonds. The number of anilines is 1. The van der Waals surface area contributed by atoms with Gasteiger partial charge in [0.05, 0.1) is 20.4 Å². The lowest BCUT2D eigenvalue weighted by atomic mass is 10.3. The number of nitrogens with zero attached hydrogens (tertiary/aromatic N) is 2. The van der Waals surface area contributed by atoms with Crippen molar-refractivity contribution in [1.82, 2.24) is 9.97 Å². The maximum Gasteiger partial charge on any atom is 0.241 e. The third-order valence-corrected chi connectivity index (χ3v) is 4.25. The van der Waals surface area contributed by atoms with E-state index in [0.29, 0.717) is 5.13 Å². The number of aromatic nitrogens is 2. The van der Waals surface area contributed by atoms with Crippen molar-refractivity contribution < 1.29 is 4.79 Å². The molecular weight excluding hydrogens is 278 g/mol. The molecule has 3 aromatic rings. The highest BCUT2D eigenvalue weighted by Crippen LogP contribution is 2.33. The van der Waals surface area contributed by atoms with Gasteiger partial charge >= 0.3 is 0 Å². The van der Waals surface area contributed by atoms with Crippen LogP contribution in [0.25, 0.3) is 20.4 Å². The first-order valence-corrected chi connectivity index (χ1v) is 6.99. The Balaban J connectivity index is 2.14. The maximum absolute atomic E-state index is 11.2. The quantitative estimate of drug-likeness (QED) is 0.735. The number of hydrogen-bond acceptors (Lipinski definition) is 5. The van der Waals surface area contributed by atoms with Gasteiger partial charge in [-0.25, -0.2) is 9.97 Å². The summed E-state index contributed by atoms with van der Waals surface area (Å²) in [6, 6.07) is 3.92. The number of thiazole rings is 2. The van der Waals surface area contributed by atoms with Crippen molar-refractivity contribution in [2.45, 2.75) is 0 Å². The summed E-state index contributed by atoms with van der Waals surface area (Å²) in [5.41, 5.74) is 3.59. The summed E-state index contributed by atoms with van der Waals surface area (Å²) in [6.07, 6.45) is 0. The molecule has 0 bridgehead atoms. The number of carbonyl (C=O) groups excluding carboxylic acids is 1. The van der Waals surface area contributed by atoms with Crippen LogP contribution in [0.1, 0.15) is 0 Å². The Bertz CT molecular complexity index is 706. The number of carbonyl (C=O) groups is 1. The van der Waals surface area contributed by atoms with E-state index in [1.807, 2.05) is 12.1 Å². The molecule has 0 radical (unpaired) electrons. The fourth-order valence-electron chi connectivity index (χ4n) is 1.52. The highest BCUT2D eigenvalue weighted by atomic mass is 35.5. The van der Waals surface area contributed by atoms with E-state index in [0.717, 1.165) is 20.4 Å². The van der Waals surface area contributed by atoms with E-state index in [1.54, 1.807) is 16.8 Å². The van der Waals surface area contributed by atoms with Crippen molar-refractivity contribution in [2.24, 2.45) is 0 Å². The molecule has 1 aromatic carbocycles. The number of hydrogen-bond donors (Lipinski definition) is 1. The molecule has 4 nitrogen and oxygen atoms in total. The van der Waals surface area contributed by atoms with Gasteiger partial charge in [0, 0.05) is 0 Å². The van der Waals surface area contributed by atoms with Crippen molar-refractivity contribution in [3.8, 4) is 0 Å². The van der Waals surface area contributed by atoms with Crippen molar-refractivity contribution in [3.63, 3.8) is 0 Å². The number of alkyl halides is 1. The Labute approximate surface area is 109 Å². The summed E-state index contributed by atoms with van der Waals surface area (Å²) in [5, 5.41) is 3.21. The number of fused-ring (bicyclic) bond motifs is 3. The largest absolute Gasteiger partial charge is 0.301 e. The van der Waals surface area contributed by atoms with Gasteiger partial charge in [-0.2, -0.15) is 0 Å². The van der Waals surface area contributed by atoms with E-state index in [1.165, 1.54) is 11.3 Å². The van der Waals surface area contributed by atoms with Gasteiger partial charge in [0.2, 0.25) is 5.91 Å². The number of rotatable bonds is 2. The van der Waals surface area contributed by atoms with Crippen molar-refractivity contribution >= 4 is 65.7 Å². The lowest BCUT2D eigenvalue weighted by Gasteiger charge is -1.94. The van der Waals surface area contributed by atoms with Gasteiger partial charge in [0.15, 0.2) is 5.13 Å². The molecule has 0 aliphatic rings. The normalized spacial score (nSPS) is 11.1. The molecule has 3 rings (SSSR count). The SMILES string of the molecule is O=C(CCl)Nc1nc2ccc3scnc3c2s1. The van der Waals surface area contributed by atoms with Crippen molar-refractivity contribution in [2.75, 3.05) is 11.2 Å². The number of amides is 1. The van der Waals surface area contributed by atoms with Crippen LogP contribution in [0.2, 0.25) is 0 Å². The van der Waals surface area contributed by atoms with Crippen molar-refractivity contribution in [1.29, 1.82) is 0 Å². The van der Waals surface area contributed by atoms with E-state index in [-0.39, 0.29) is 11.8 Å². The highest BCUT2D eigenvalue weighted by Gasteiger charge is 2.10. The lowest BCUT2D eigenvalue weighted by Crippen LogP contribution is -2.11. The first-order chi connectivity index (χ1) is 8.28. The fourth-order valence-corrected chi connectivity index (χ4v) is 3.32. The standard InChI is InChI=1S/C10H6ClN3OS2/c11-3-7(15)14-10-13-5-1-2-6-8(9(5)17-10)12-4-16-6/h1-2,4H,3H2,(H,13,14,15). The van der Waals surface area contributed by atoms with Crippen LogP contribution in [0.3, 0.4) is 0 Å². The molecule has 0 spiro atoms. The van der Waals surface area contributed by atoms with Gasteiger partial charge in [-0.3, -0.25) is 4.79 Å². The topological polar surface area (TPSA) is 54.9 Å². The molecule has 0 saturated carbocycles. The molecule has 0 unspecified atom stereocenters. The third-order valence-electron chi connectivity index (χ3n) is 2.22. The Morgan fingerprint density at radius 3 is 3.18 bits per heavy atom. The highest BCUT2D eigenvalue weighted by molar-refractivity contribution is 7.24. The van der Waals surface area contributed by atoms with Crippen LogP contribution >= 0.6 is 34.3 Å². The predicted octanol–water partition coefficient (Wildman–Crippen LogP) is 3.08. The molecule has 7 heteroatoms.